The lowest BCUT2D eigenvalue weighted by molar-refractivity contribution is -0.123. The van der Waals surface area contributed by atoms with Gasteiger partial charge in [0.1, 0.15) is 29.2 Å². The average molecular weight is 524 g/mol. The molecule has 8 nitrogen and oxygen atoms in total. The second-order valence-corrected chi connectivity index (χ2v) is 9.42. The number of carbonyl (C=O) groups is 2. The largest absolute Gasteiger partial charge is 0.489 e. The molecule has 0 saturated carbocycles. The first-order valence-electron chi connectivity index (χ1n) is 12.1. The maximum absolute atomic E-state index is 13.5. The number of hydrogen-bond acceptors (Lipinski definition) is 5. The third-order valence-electron chi connectivity index (χ3n) is 6.66. The second kappa shape index (κ2) is 9.69. The highest BCUT2D eigenvalue weighted by Crippen LogP contribution is 2.35. The third kappa shape index (κ3) is 4.27. The highest BCUT2D eigenvalue weighted by Gasteiger charge is 2.43. The van der Waals surface area contributed by atoms with Crippen molar-refractivity contribution in [2.45, 2.75) is 19.1 Å². The molecule has 2 aromatic heterocycles. The van der Waals surface area contributed by atoms with Gasteiger partial charge < -0.3 is 14.5 Å². The molecular weight excluding hydrogens is 502 g/mol. The lowest BCUT2D eigenvalue weighted by atomic mass is 10.1. The number of nitrogens with zero attached hydrogens (tertiary/aromatic N) is 5. The molecule has 0 bridgehead atoms. The van der Waals surface area contributed by atoms with E-state index in [1.807, 2.05) is 54.6 Å². The normalized spacial score (nSPS) is 16.3. The van der Waals surface area contributed by atoms with E-state index < -0.39 is 6.04 Å². The molecule has 9 heteroatoms. The molecular formula is C29H22ClN5O3. The van der Waals surface area contributed by atoms with E-state index in [0.29, 0.717) is 34.4 Å². The Kier molecular flexibility index (Phi) is 6.06. The third-order valence-corrected chi connectivity index (χ3v) is 7.08. The number of likely N-dealkylation sites (N-methyl/N-ethyl adjacent to an activating group) is 1. The van der Waals surface area contributed by atoms with Crippen LogP contribution in [0.1, 0.15) is 32.9 Å². The zero-order valence-electron chi connectivity index (χ0n) is 20.5. The smallest absolute Gasteiger partial charge is 0.275 e. The predicted octanol–water partition coefficient (Wildman–Crippen LogP) is 3.76. The minimum absolute atomic E-state index is 0.00491. The number of rotatable bonds is 3. The van der Waals surface area contributed by atoms with Gasteiger partial charge in [-0.1, -0.05) is 53.9 Å². The highest BCUT2D eigenvalue weighted by molar-refractivity contribution is 6.31. The molecule has 0 aliphatic carbocycles. The monoisotopic (exact) mass is 523 g/mol. The molecule has 0 saturated heterocycles. The zero-order chi connectivity index (χ0) is 26.2. The van der Waals surface area contributed by atoms with Crippen molar-refractivity contribution in [3.8, 4) is 17.6 Å². The van der Waals surface area contributed by atoms with Crippen LogP contribution < -0.4 is 9.64 Å². The Balaban J connectivity index is 1.22. The van der Waals surface area contributed by atoms with Crippen LogP contribution in [-0.4, -0.2) is 51.2 Å². The summed E-state index contributed by atoms with van der Waals surface area (Å²) in [6.07, 6.45) is 1.69. The molecule has 0 radical (unpaired) electrons. The van der Waals surface area contributed by atoms with E-state index in [9.17, 15) is 9.59 Å². The van der Waals surface area contributed by atoms with Gasteiger partial charge in [-0.05, 0) is 41.8 Å². The summed E-state index contributed by atoms with van der Waals surface area (Å²) < 4.78 is 7.69. The van der Waals surface area contributed by atoms with Crippen LogP contribution in [0.3, 0.4) is 0 Å². The molecule has 38 heavy (non-hydrogen) atoms. The van der Waals surface area contributed by atoms with Gasteiger partial charge in [0, 0.05) is 24.4 Å². The summed E-state index contributed by atoms with van der Waals surface area (Å²) in [4.78, 5) is 34.0. The molecule has 6 rings (SSSR count). The molecule has 1 unspecified atom stereocenters. The minimum Gasteiger partial charge on any atom is -0.489 e. The van der Waals surface area contributed by atoms with E-state index in [4.69, 9.17) is 16.3 Å². The maximum Gasteiger partial charge on any atom is 0.275 e. The standard InChI is InChI=1S/C29H22ClN5O3/c1-33-23-13-11-19(10-12-21-9-5-6-14-31-21)15-25(23)38-18-24(28(33)36)34-17-22-26(29(34)37)32-35(27(22)30)16-20-7-3-2-4-8-20/h2-9,11,13-15,24H,16-18H2,1H3. The van der Waals surface area contributed by atoms with Crippen molar-refractivity contribution in [2.24, 2.45) is 0 Å². The summed E-state index contributed by atoms with van der Waals surface area (Å²) in [6, 6.07) is 19.9. The van der Waals surface area contributed by atoms with Crippen LogP contribution >= 0.6 is 11.6 Å². The summed E-state index contributed by atoms with van der Waals surface area (Å²) in [5.74, 6) is 6.04. The summed E-state index contributed by atoms with van der Waals surface area (Å²) in [5, 5.41) is 4.88. The van der Waals surface area contributed by atoms with Crippen LogP contribution in [0.5, 0.6) is 5.75 Å². The fourth-order valence-electron chi connectivity index (χ4n) is 4.64. The highest BCUT2D eigenvalue weighted by atomic mass is 35.5. The quantitative estimate of drug-likeness (QED) is 0.382. The number of benzene rings is 2. The number of carbonyl (C=O) groups excluding carboxylic acids is 2. The van der Waals surface area contributed by atoms with Crippen LogP contribution in [0.25, 0.3) is 0 Å². The van der Waals surface area contributed by atoms with Gasteiger partial charge in [-0.3, -0.25) is 9.59 Å². The van der Waals surface area contributed by atoms with Crippen LogP contribution in [-0.2, 0) is 17.9 Å². The Hall–Kier alpha value is -4.61. The van der Waals surface area contributed by atoms with Gasteiger partial charge in [-0.25, -0.2) is 9.67 Å². The first-order valence-corrected chi connectivity index (χ1v) is 12.4. The first-order chi connectivity index (χ1) is 18.5. The fraction of sp³-hybridized carbons (Fsp3) is 0.172. The van der Waals surface area contributed by atoms with Crippen LogP contribution in [0.15, 0.2) is 72.9 Å². The van der Waals surface area contributed by atoms with E-state index >= 15 is 0 Å². The molecule has 0 spiro atoms. The number of ether oxygens (including phenoxy) is 1. The van der Waals surface area contributed by atoms with Crippen molar-refractivity contribution in [1.82, 2.24) is 19.7 Å². The Morgan fingerprint density at radius 1 is 1.05 bits per heavy atom. The van der Waals surface area contributed by atoms with Gasteiger partial charge in [0.05, 0.1) is 18.8 Å². The maximum atomic E-state index is 13.5. The van der Waals surface area contributed by atoms with Crippen molar-refractivity contribution < 1.29 is 14.3 Å². The van der Waals surface area contributed by atoms with Gasteiger partial charge >= 0.3 is 0 Å². The van der Waals surface area contributed by atoms with Gasteiger partial charge in [-0.2, -0.15) is 5.10 Å². The SMILES string of the molecule is CN1C(=O)C(N2Cc3c(nn(Cc4ccccc4)c3Cl)C2=O)COc2cc(C#Cc3ccccn3)ccc21. The molecule has 0 fully saturated rings. The zero-order valence-corrected chi connectivity index (χ0v) is 21.2. The second-order valence-electron chi connectivity index (χ2n) is 9.07. The summed E-state index contributed by atoms with van der Waals surface area (Å²) >= 11 is 6.63. The van der Waals surface area contributed by atoms with E-state index in [0.717, 1.165) is 11.1 Å². The van der Waals surface area contributed by atoms with Crippen LogP contribution in [0, 0.1) is 11.8 Å². The summed E-state index contributed by atoms with van der Waals surface area (Å²) in [5.41, 5.74) is 3.91. The van der Waals surface area contributed by atoms with E-state index in [2.05, 4.69) is 21.9 Å². The molecule has 2 amide bonds. The molecule has 4 aromatic rings. The minimum atomic E-state index is -0.823. The Bertz CT molecular complexity index is 1610. The van der Waals surface area contributed by atoms with Crippen LogP contribution in [0.2, 0.25) is 5.15 Å². The molecule has 188 valence electrons. The van der Waals surface area contributed by atoms with E-state index in [1.165, 1.54) is 9.80 Å². The number of amides is 2. The molecule has 2 aromatic carbocycles. The van der Waals surface area contributed by atoms with Crippen molar-refractivity contribution in [3.05, 3.63) is 106 Å². The lowest BCUT2D eigenvalue weighted by Gasteiger charge is -2.27. The fourth-order valence-corrected chi connectivity index (χ4v) is 4.89. The Labute approximate surface area is 224 Å². The topological polar surface area (TPSA) is 80.6 Å². The summed E-state index contributed by atoms with van der Waals surface area (Å²) in [6.45, 7) is 0.645. The summed E-state index contributed by atoms with van der Waals surface area (Å²) in [7, 11) is 1.68. The molecule has 0 N–H and O–H groups in total. The van der Waals surface area contributed by atoms with Crippen LogP contribution in [0.4, 0.5) is 5.69 Å². The average Bonchev–Trinajstić information content (AvgIpc) is 3.39. The van der Waals surface area contributed by atoms with Crippen molar-refractivity contribution in [1.29, 1.82) is 0 Å². The number of fused-ring (bicyclic) bond motifs is 2. The van der Waals surface area contributed by atoms with Crippen molar-refractivity contribution in [3.63, 3.8) is 0 Å². The molecule has 4 heterocycles. The molecule has 2 aliphatic rings. The van der Waals surface area contributed by atoms with Gasteiger partial charge in [0.2, 0.25) is 0 Å². The number of anilines is 1. The van der Waals surface area contributed by atoms with Gasteiger partial charge in [-0.15, -0.1) is 0 Å². The Morgan fingerprint density at radius 2 is 1.87 bits per heavy atom. The number of hydrogen-bond donors (Lipinski definition) is 0. The number of pyridine rings is 1. The van der Waals surface area contributed by atoms with Gasteiger partial charge in [0.15, 0.2) is 5.69 Å². The first kappa shape index (κ1) is 23.8. The Morgan fingerprint density at radius 3 is 2.63 bits per heavy atom. The van der Waals surface area contributed by atoms with Crippen molar-refractivity contribution >= 4 is 29.1 Å². The predicted molar refractivity (Wildman–Crippen MR) is 142 cm³/mol. The number of aromatic nitrogens is 3. The van der Waals surface area contributed by atoms with Gasteiger partial charge in [0.25, 0.3) is 11.8 Å². The lowest BCUT2D eigenvalue weighted by Crippen LogP contribution is -2.49. The van der Waals surface area contributed by atoms with Crippen molar-refractivity contribution in [2.75, 3.05) is 18.6 Å². The molecule has 1 atom stereocenters. The molecule has 2 aliphatic heterocycles. The number of halogens is 1. The van der Waals surface area contributed by atoms with E-state index in [-0.39, 0.29) is 30.7 Å². The van der Waals surface area contributed by atoms with E-state index in [1.54, 1.807) is 30.1 Å².